The van der Waals surface area contributed by atoms with E-state index in [2.05, 4.69) is 93.8 Å². The Morgan fingerprint density at radius 3 is 2.26 bits per heavy atom. The van der Waals surface area contributed by atoms with E-state index >= 15 is 0 Å². The van der Waals surface area contributed by atoms with Crippen LogP contribution in [0.1, 0.15) is 31.9 Å². The molecule has 2 nitrogen and oxygen atoms in total. The first kappa shape index (κ1) is 15.9. The van der Waals surface area contributed by atoms with Gasteiger partial charge in [-0.1, -0.05) is 51.1 Å². The molecule has 0 spiro atoms. The third-order valence-corrected chi connectivity index (χ3v) is 9.23. The molecule has 23 heavy (non-hydrogen) atoms. The molecule has 1 heterocycles. The summed E-state index contributed by atoms with van der Waals surface area (Å²) in [5, 5.41) is 3.72. The lowest BCUT2D eigenvalue weighted by Crippen LogP contribution is -2.43. The average Bonchev–Trinajstić information content (AvgIpc) is 2.64. The lowest BCUT2D eigenvalue weighted by atomic mass is 10.1. The number of rotatable bonds is 2. The molecule has 2 aromatic carbocycles. The summed E-state index contributed by atoms with van der Waals surface area (Å²) in [6.07, 6.45) is 4.32. The van der Waals surface area contributed by atoms with Crippen molar-refractivity contribution in [2.45, 2.75) is 38.9 Å². The summed E-state index contributed by atoms with van der Waals surface area (Å²) >= 11 is 0. The Morgan fingerprint density at radius 2 is 1.52 bits per heavy atom. The Labute approximate surface area is 140 Å². The van der Waals surface area contributed by atoms with Gasteiger partial charge in [0.05, 0.1) is 0 Å². The summed E-state index contributed by atoms with van der Waals surface area (Å²) in [5.41, 5.74) is 4.63. The van der Waals surface area contributed by atoms with Crippen LogP contribution in [0.2, 0.25) is 18.1 Å². The molecule has 0 amide bonds. The van der Waals surface area contributed by atoms with Crippen molar-refractivity contribution in [1.29, 1.82) is 0 Å². The quantitative estimate of drug-likeness (QED) is 0.559. The van der Waals surface area contributed by atoms with Crippen LogP contribution in [0.4, 0.5) is 11.4 Å². The van der Waals surface area contributed by atoms with Crippen LogP contribution in [-0.4, -0.2) is 8.32 Å². The molecule has 0 fully saturated rings. The number of fused-ring (bicyclic) bond motifs is 2. The Balaban J connectivity index is 1.92. The molecule has 0 unspecified atom stereocenters. The molecule has 0 radical (unpaired) electrons. The molecule has 2 aromatic rings. The SMILES string of the molecule is CC(C)(C)[Si](C)(C)Oc1ccc2c(c1)C=Cc1ccccc1N2. The first-order chi connectivity index (χ1) is 10.8. The Morgan fingerprint density at radius 1 is 0.870 bits per heavy atom. The van der Waals surface area contributed by atoms with E-state index in [0.717, 1.165) is 22.7 Å². The lowest BCUT2D eigenvalue weighted by Gasteiger charge is -2.36. The summed E-state index contributed by atoms with van der Waals surface area (Å²) < 4.78 is 6.43. The Kier molecular flexibility index (Phi) is 3.84. The first-order valence-corrected chi connectivity index (χ1v) is 11.0. The third-order valence-electron chi connectivity index (χ3n) is 4.87. The van der Waals surface area contributed by atoms with Crippen molar-refractivity contribution >= 4 is 31.8 Å². The fraction of sp³-hybridized carbons (Fsp3) is 0.300. The number of nitrogens with one attached hydrogen (secondary N) is 1. The fourth-order valence-electron chi connectivity index (χ4n) is 2.38. The normalized spacial score (nSPS) is 13.6. The van der Waals surface area contributed by atoms with E-state index < -0.39 is 8.32 Å². The van der Waals surface area contributed by atoms with Crippen LogP contribution in [0.3, 0.4) is 0 Å². The minimum atomic E-state index is -1.81. The van der Waals surface area contributed by atoms with Gasteiger partial charge in [-0.2, -0.15) is 0 Å². The van der Waals surface area contributed by atoms with Crippen molar-refractivity contribution in [2.24, 2.45) is 0 Å². The molecule has 0 bridgehead atoms. The third kappa shape index (κ3) is 3.20. The largest absolute Gasteiger partial charge is 0.543 e. The maximum atomic E-state index is 6.43. The molecule has 0 saturated carbocycles. The topological polar surface area (TPSA) is 21.3 Å². The number of hydrogen-bond acceptors (Lipinski definition) is 2. The van der Waals surface area contributed by atoms with Crippen LogP contribution in [0.15, 0.2) is 42.5 Å². The molecule has 0 atom stereocenters. The van der Waals surface area contributed by atoms with Crippen molar-refractivity contribution in [2.75, 3.05) is 5.32 Å². The molecule has 0 aliphatic carbocycles. The second kappa shape index (κ2) is 5.57. The molecule has 3 rings (SSSR count). The number of para-hydroxylation sites is 1. The van der Waals surface area contributed by atoms with Gasteiger partial charge in [-0.15, -0.1) is 0 Å². The minimum Gasteiger partial charge on any atom is -0.543 e. The number of hydrogen-bond donors (Lipinski definition) is 1. The van der Waals surface area contributed by atoms with Gasteiger partial charge in [0, 0.05) is 16.9 Å². The number of benzene rings is 2. The van der Waals surface area contributed by atoms with Crippen LogP contribution in [-0.2, 0) is 0 Å². The van der Waals surface area contributed by atoms with E-state index in [1.165, 1.54) is 5.56 Å². The highest BCUT2D eigenvalue weighted by Crippen LogP contribution is 2.39. The average molecular weight is 324 g/mol. The van der Waals surface area contributed by atoms with Gasteiger partial charge in [0.25, 0.3) is 0 Å². The Hall–Kier alpha value is -2.00. The highest BCUT2D eigenvalue weighted by atomic mass is 28.4. The van der Waals surface area contributed by atoms with E-state index in [-0.39, 0.29) is 5.04 Å². The highest BCUT2D eigenvalue weighted by Gasteiger charge is 2.39. The monoisotopic (exact) mass is 323 g/mol. The van der Waals surface area contributed by atoms with Crippen molar-refractivity contribution < 1.29 is 4.43 Å². The van der Waals surface area contributed by atoms with Gasteiger partial charge < -0.3 is 9.74 Å². The van der Waals surface area contributed by atoms with E-state index in [4.69, 9.17) is 4.43 Å². The molecule has 1 N–H and O–H groups in total. The van der Waals surface area contributed by atoms with E-state index in [9.17, 15) is 0 Å². The summed E-state index contributed by atoms with van der Waals surface area (Å²) in [6.45, 7) is 11.4. The zero-order valence-corrected chi connectivity index (χ0v) is 15.6. The van der Waals surface area contributed by atoms with Crippen LogP contribution < -0.4 is 9.74 Å². The molecule has 3 heteroatoms. The van der Waals surface area contributed by atoms with Crippen LogP contribution in [0.5, 0.6) is 5.75 Å². The predicted octanol–water partition coefficient (Wildman–Crippen LogP) is 6.30. The zero-order chi connectivity index (χ0) is 16.7. The van der Waals surface area contributed by atoms with Crippen LogP contribution >= 0.6 is 0 Å². The second-order valence-electron chi connectivity index (χ2n) is 7.66. The predicted molar refractivity (Wildman–Crippen MR) is 103 cm³/mol. The smallest absolute Gasteiger partial charge is 0.250 e. The molecule has 0 aromatic heterocycles. The second-order valence-corrected chi connectivity index (χ2v) is 12.4. The summed E-state index contributed by atoms with van der Waals surface area (Å²) in [7, 11) is -1.81. The minimum absolute atomic E-state index is 0.199. The van der Waals surface area contributed by atoms with Gasteiger partial charge in [0.2, 0.25) is 8.32 Å². The van der Waals surface area contributed by atoms with Crippen LogP contribution in [0.25, 0.3) is 12.2 Å². The van der Waals surface area contributed by atoms with Crippen molar-refractivity contribution in [3.63, 3.8) is 0 Å². The van der Waals surface area contributed by atoms with Gasteiger partial charge in [-0.05, 0) is 48.0 Å². The van der Waals surface area contributed by atoms with Gasteiger partial charge >= 0.3 is 0 Å². The molecule has 1 aliphatic rings. The zero-order valence-electron chi connectivity index (χ0n) is 14.6. The maximum absolute atomic E-state index is 6.43. The summed E-state index contributed by atoms with van der Waals surface area (Å²) in [5.74, 6) is 0.966. The Bertz CT molecular complexity index is 756. The molecule has 1 aliphatic heterocycles. The van der Waals surface area contributed by atoms with Crippen molar-refractivity contribution in [3.8, 4) is 5.75 Å². The standard InChI is InChI=1S/C20H25NOSi/c1-20(2,3)23(4,5)22-17-12-13-19-16(14-17)11-10-15-8-6-7-9-18(15)21-19/h6-14,21H,1-5H3. The van der Waals surface area contributed by atoms with Gasteiger partial charge in [-0.25, -0.2) is 0 Å². The number of anilines is 2. The highest BCUT2D eigenvalue weighted by molar-refractivity contribution is 6.74. The maximum Gasteiger partial charge on any atom is 0.250 e. The van der Waals surface area contributed by atoms with E-state index in [1.54, 1.807) is 0 Å². The van der Waals surface area contributed by atoms with Crippen molar-refractivity contribution in [3.05, 3.63) is 53.6 Å². The molecular weight excluding hydrogens is 298 g/mol. The van der Waals surface area contributed by atoms with E-state index in [1.807, 2.05) is 0 Å². The molecule has 0 saturated heterocycles. The molecular formula is C20H25NOSi. The fourth-order valence-corrected chi connectivity index (χ4v) is 3.41. The first-order valence-electron chi connectivity index (χ1n) is 8.13. The van der Waals surface area contributed by atoms with Crippen molar-refractivity contribution in [1.82, 2.24) is 0 Å². The summed E-state index contributed by atoms with van der Waals surface area (Å²) in [6, 6.07) is 14.7. The van der Waals surface area contributed by atoms with Gasteiger partial charge in [0.1, 0.15) is 5.75 Å². The van der Waals surface area contributed by atoms with Crippen LogP contribution in [0, 0.1) is 0 Å². The van der Waals surface area contributed by atoms with Gasteiger partial charge in [0.15, 0.2) is 0 Å². The lowest BCUT2D eigenvalue weighted by molar-refractivity contribution is 0.492. The molecule has 120 valence electrons. The summed E-state index contributed by atoms with van der Waals surface area (Å²) in [4.78, 5) is 0. The van der Waals surface area contributed by atoms with Gasteiger partial charge in [-0.3, -0.25) is 0 Å². The van der Waals surface area contributed by atoms with E-state index in [0.29, 0.717) is 0 Å².